The Labute approximate surface area is 124 Å². The van der Waals surface area contributed by atoms with Crippen LogP contribution < -0.4 is 0 Å². The smallest absolute Gasteiger partial charge is 0.123 e. The molecule has 0 heterocycles. The second-order valence-electron chi connectivity index (χ2n) is 5.65. The summed E-state index contributed by atoms with van der Waals surface area (Å²) in [5.74, 6) is -0.361. The number of hydrogen-bond acceptors (Lipinski definition) is 2. The van der Waals surface area contributed by atoms with Crippen LogP contribution in [0.25, 0.3) is 0 Å². The molecule has 0 aliphatic heterocycles. The van der Waals surface area contributed by atoms with Gasteiger partial charge >= 0.3 is 0 Å². The monoisotopic (exact) mass is 288 g/mol. The third-order valence-corrected chi connectivity index (χ3v) is 4.20. The van der Waals surface area contributed by atoms with Gasteiger partial charge in [-0.3, -0.25) is 0 Å². The molecule has 0 aliphatic rings. The number of halogens is 1. The van der Waals surface area contributed by atoms with Crippen molar-refractivity contribution >= 4 is 0 Å². The molecule has 0 aliphatic carbocycles. The maximum Gasteiger partial charge on any atom is 0.123 e. The van der Waals surface area contributed by atoms with Crippen molar-refractivity contribution in [2.24, 2.45) is 0 Å². The highest BCUT2D eigenvalue weighted by Gasteiger charge is 2.32. The van der Waals surface area contributed by atoms with Gasteiger partial charge in [0.2, 0.25) is 0 Å². The van der Waals surface area contributed by atoms with Gasteiger partial charge in [-0.2, -0.15) is 0 Å². The van der Waals surface area contributed by atoms with Crippen molar-refractivity contribution < 1.29 is 14.6 Å². The molecular formula is C18H21FO2. The summed E-state index contributed by atoms with van der Waals surface area (Å²) in [7, 11) is 0. The summed E-state index contributed by atoms with van der Waals surface area (Å²) in [5.41, 5.74) is 3.05. The predicted molar refractivity (Wildman–Crippen MR) is 81.9 cm³/mol. The standard InChI is InChI=1S/C18H21FO2/c1-13-5-3-6-14(2)17(13)10-18(11-20,12-21)15-7-4-8-16(19)9-15/h3-9,20-21H,10-12H2,1-2H3. The Bertz CT molecular complexity index is 598. The largest absolute Gasteiger partial charge is 0.395 e. The van der Waals surface area contributed by atoms with Gasteiger partial charge in [0, 0.05) is 5.41 Å². The molecule has 2 aromatic carbocycles. The Balaban J connectivity index is 2.48. The van der Waals surface area contributed by atoms with E-state index >= 15 is 0 Å². The third-order valence-electron chi connectivity index (χ3n) is 4.20. The summed E-state index contributed by atoms with van der Waals surface area (Å²) < 4.78 is 13.5. The van der Waals surface area contributed by atoms with E-state index < -0.39 is 5.41 Å². The number of hydrogen-bond donors (Lipinski definition) is 2. The van der Waals surface area contributed by atoms with Crippen molar-refractivity contribution in [3.8, 4) is 0 Å². The molecule has 2 aromatic rings. The van der Waals surface area contributed by atoms with E-state index in [1.54, 1.807) is 12.1 Å². The quantitative estimate of drug-likeness (QED) is 0.888. The van der Waals surface area contributed by atoms with Gasteiger partial charge in [-0.15, -0.1) is 0 Å². The molecule has 2 N–H and O–H groups in total. The van der Waals surface area contributed by atoms with Crippen molar-refractivity contribution in [2.75, 3.05) is 13.2 Å². The molecule has 0 fully saturated rings. The van der Waals surface area contributed by atoms with Crippen LogP contribution in [-0.2, 0) is 11.8 Å². The average Bonchev–Trinajstić information content (AvgIpc) is 2.48. The lowest BCUT2D eigenvalue weighted by atomic mass is 9.75. The van der Waals surface area contributed by atoms with Gasteiger partial charge in [0.05, 0.1) is 13.2 Å². The summed E-state index contributed by atoms with van der Waals surface area (Å²) in [6.45, 7) is 3.54. The zero-order valence-electron chi connectivity index (χ0n) is 12.4. The van der Waals surface area contributed by atoms with Gasteiger partial charge in [0.1, 0.15) is 5.82 Å². The maximum atomic E-state index is 13.5. The lowest BCUT2D eigenvalue weighted by molar-refractivity contribution is 0.116. The molecule has 2 nitrogen and oxygen atoms in total. The molecule has 112 valence electrons. The summed E-state index contributed by atoms with van der Waals surface area (Å²) in [5, 5.41) is 19.8. The number of benzene rings is 2. The van der Waals surface area contributed by atoms with Crippen molar-refractivity contribution in [1.29, 1.82) is 0 Å². The molecule has 0 amide bonds. The van der Waals surface area contributed by atoms with E-state index in [0.29, 0.717) is 12.0 Å². The molecule has 2 rings (SSSR count). The normalized spacial score (nSPS) is 11.7. The Morgan fingerprint density at radius 1 is 0.952 bits per heavy atom. The van der Waals surface area contributed by atoms with E-state index in [1.165, 1.54) is 12.1 Å². The van der Waals surface area contributed by atoms with Crippen LogP contribution in [0.2, 0.25) is 0 Å². The first-order valence-corrected chi connectivity index (χ1v) is 7.05. The average molecular weight is 288 g/mol. The summed E-state index contributed by atoms with van der Waals surface area (Å²) in [6, 6.07) is 12.1. The van der Waals surface area contributed by atoms with Crippen LogP contribution in [0.1, 0.15) is 22.3 Å². The minimum absolute atomic E-state index is 0.235. The van der Waals surface area contributed by atoms with Gasteiger partial charge in [-0.05, 0) is 54.7 Å². The van der Waals surface area contributed by atoms with Crippen LogP contribution in [0.15, 0.2) is 42.5 Å². The van der Waals surface area contributed by atoms with E-state index in [0.717, 1.165) is 16.7 Å². The lowest BCUT2D eigenvalue weighted by Gasteiger charge is -2.32. The topological polar surface area (TPSA) is 40.5 Å². The van der Waals surface area contributed by atoms with Gasteiger partial charge in [-0.25, -0.2) is 4.39 Å². The predicted octanol–water partition coefficient (Wildman–Crippen LogP) is 2.91. The Morgan fingerprint density at radius 2 is 1.52 bits per heavy atom. The van der Waals surface area contributed by atoms with Crippen LogP contribution in [0, 0.1) is 19.7 Å². The van der Waals surface area contributed by atoms with Gasteiger partial charge in [-0.1, -0.05) is 30.3 Å². The van der Waals surface area contributed by atoms with Crippen LogP contribution in [0.4, 0.5) is 4.39 Å². The molecule has 0 spiro atoms. The van der Waals surface area contributed by atoms with Crippen LogP contribution >= 0.6 is 0 Å². The first kappa shape index (κ1) is 15.7. The fraction of sp³-hybridized carbons (Fsp3) is 0.333. The summed E-state index contributed by atoms with van der Waals surface area (Å²) in [6.07, 6.45) is 0.474. The zero-order valence-corrected chi connectivity index (χ0v) is 12.4. The second kappa shape index (κ2) is 6.37. The highest BCUT2D eigenvalue weighted by molar-refractivity contribution is 5.38. The van der Waals surface area contributed by atoms with Crippen LogP contribution in [0.3, 0.4) is 0 Å². The first-order chi connectivity index (χ1) is 10.0. The zero-order chi connectivity index (χ0) is 15.5. The highest BCUT2D eigenvalue weighted by Crippen LogP contribution is 2.31. The molecular weight excluding hydrogens is 267 g/mol. The highest BCUT2D eigenvalue weighted by atomic mass is 19.1. The first-order valence-electron chi connectivity index (χ1n) is 7.05. The molecule has 0 aromatic heterocycles. The molecule has 0 saturated carbocycles. The van der Waals surface area contributed by atoms with Gasteiger partial charge in [0.25, 0.3) is 0 Å². The molecule has 21 heavy (non-hydrogen) atoms. The van der Waals surface area contributed by atoms with Crippen LogP contribution in [0.5, 0.6) is 0 Å². The Kier molecular flexibility index (Phi) is 4.76. The maximum absolute atomic E-state index is 13.5. The molecule has 3 heteroatoms. The number of rotatable bonds is 5. The minimum Gasteiger partial charge on any atom is -0.395 e. The van der Waals surface area contributed by atoms with E-state index in [2.05, 4.69) is 0 Å². The second-order valence-corrected chi connectivity index (χ2v) is 5.65. The lowest BCUT2D eigenvalue weighted by Crippen LogP contribution is -2.37. The Morgan fingerprint density at radius 3 is 2.05 bits per heavy atom. The minimum atomic E-state index is -0.876. The van der Waals surface area contributed by atoms with Crippen molar-refractivity contribution in [3.63, 3.8) is 0 Å². The van der Waals surface area contributed by atoms with E-state index in [-0.39, 0.29) is 19.0 Å². The molecule has 0 saturated heterocycles. The van der Waals surface area contributed by atoms with E-state index in [9.17, 15) is 14.6 Å². The van der Waals surface area contributed by atoms with E-state index in [4.69, 9.17) is 0 Å². The Hall–Kier alpha value is -1.71. The number of aliphatic hydroxyl groups is 2. The van der Waals surface area contributed by atoms with Gasteiger partial charge in [0.15, 0.2) is 0 Å². The molecule has 0 unspecified atom stereocenters. The SMILES string of the molecule is Cc1cccc(C)c1CC(CO)(CO)c1cccc(F)c1. The van der Waals surface area contributed by atoms with Crippen molar-refractivity contribution in [3.05, 3.63) is 70.5 Å². The van der Waals surface area contributed by atoms with Gasteiger partial charge < -0.3 is 10.2 Å². The fourth-order valence-electron chi connectivity index (χ4n) is 2.73. The number of aryl methyl sites for hydroxylation is 2. The molecule has 0 radical (unpaired) electrons. The van der Waals surface area contributed by atoms with Crippen LogP contribution in [-0.4, -0.2) is 23.4 Å². The summed E-state index contributed by atoms with van der Waals surface area (Å²) >= 11 is 0. The molecule has 0 bridgehead atoms. The molecule has 0 atom stereocenters. The number of aliphatic hydroxyl groups excluding tert-OH is 2. The van der Waals surface area contributed by atoms with Crippen molar-refractivity contribution in [1.82, 2.24) is 0 Å². The summed E-state index contributed by atoms with van der Waals surface area (Å²) in [4.78, 5) is 0. The van der Waals surface area contributed by atoms with E-state index in [1.807, 2.05) is 32.0 Å². The third kappa shape index (κ3) is 3.14. The van der Waals surface area contributed by atoms with Crippen molar-refractivity contribution in [2.45, 2.75) is 25.7 Å². The fourth-order valence-corrected chi connectivity index (χ4v) is 2.73.